The minimum atomic E-state index is -0.183. The van der Waals surface area contributed by atoms with E-state index in [1.165, 1.54) is 0 Å². The fourth-order valence-electron chi connectivity index (χ4n) is 2.08. The van der Waals surface area contributed by atoms with Crippen LogP contribution < -0.4 is 11.1 Å². The van der Waals surface area contributed by atoms with Crippen molar-refractivity contribution in [2.24, 2.45) is 10.8 Å². The number of nitrogens with zero attached hydrogens (tertiary/aromatic N) is 2. The summed E-state index contributed by atoms with van der Waals surface area (Å²) in [5.41, 5.74) is 5.68. The number of anilines is 1. The molecule has 0 unspecified atom stereocenters. The summed E-state index contributed by atoms with van der Waals surface area (Å²) in [6.07, 6.45) is 0. The molecule has 0 spiro atoms. The zero-order valence-electron chi connectivity index (χ0n) is 9.87. The molecule has 1 aliphatic rings. The van der Waals surface area contributed by atoms with Gasteiger partial charge < -0.3 is 11.1 Å². The molecule has 6 heteroatoms. The lowest BCUT2D eigenvalue weighted by atomic mass is 10.0. The summed E-state index contributed by atoms with van der Waals surface area (Å²) in [4.78, 5) is 11.8. The number of nitrogen functional groups attached to an aromatic ring is 1. The fourth-order valence-corrected chi connectivity index (χ4v) is 2.59. The van der Waals surface area contributed by atoms with Gasteiger partial charge in [-0.1, -0.05) is 39.0 Å². The van der Waals surface area contributed by atoms with E-state index in [1.807, 2.05) is 0 Å². The van der Waals surface area contributed by atoms with Crippen molar-refractivity contribution in [3.8, 4) is 0 Å². The highest BCUT2D eigenvalue weighted by atomic mass is 32.1. The van der Waals surface area contributed by atoms with Gasteiger partial charge in [0.1, 0.15) is 0 Å². The van der Waals surface area contributed by atoms with Crippen LogP contribution in [0.2, 0.25) is 0 Å². The molecule has 1 aromatic heterocycles. The largest absolute Gasteiger partial charge is 0.374 e. The number of carbonyl (C=O) groups excluding carboxylic acids is 1. The first-order valence-electron chi connectivity index (χ1n) is 5.16. The summed E-state index contributed by atoms with van der Waals surface area (Å²) in [6, 6.07) is 0.178. The van der Waals surface area contributed by atoms with Crippen molar-refractivity contribution in [2.75, 3.05) is 5.73 Å². The molecule has 16 heavy (non-hydrogen) atoms. The molecule has 0 radical (unpaired) electrons. The third kappa shape index (κ3) is 1.48. The smallest absolute Gasteiger partial charge is 0.282 e. The van der Waals surface area contributed by atoms with E-state index < -0.39 is 0 Å². The lowest BCUT2D eigenvalue weighted by Crippen LogP contribution is -2.29. The van der Waals surface area contributed by atoms with Crippen LogP contribution in [0.15, 0.2) is 0 Å². The van der Waals surface area contributed by atoms with Crippen LogP contribution in [-0.4, -0.2) is 22.1 Å². The van der Waals surface area contributed by atoms with E-state index in [4.69, 9.17) is 5.73 Å². The first kappa shape index (κ1) is 11.3. The molecule has 1 amide bonds. The SMILES string of the molecule is CC1(C)C(NC(=O)c2nnc(N)s2)C1(C)C. The predicted molar refractivity (Wildman–Crippen MR) is 63.1 cm³/mol. The Morgan fingerprint density at radius 2 is 1.88 bits per heavy atom. The topological polar surface area (TPSA) is 80.9 Å². The molecule has 0 bridgehead atoms. The van der Waals surface area contributed by atoms with E-state index in [0.29, 0.717) is 10.1 Å². The molecule has 1 heterocycles. The number of hydrogen-bond donors (Lipinski definition) is 2. The monoisotopic (exact) mass is 240 g/mol. The second-order valence-electron chi connectivity index (χ2n) is 5.30. The molecule has 0 atom stereocenters. The van der Waals surface area contributed by atoms with Gasteiger partial charge in [0.2, 0.25) is 10.1 Å². The van der Waals surface area contributed by atoms with Crippen LogP contribution in [-0.2, 0) is 0 Å². The van der Waals surface area contributed by atoms with Gasteiger partial charge in [-0.15, -0.1) is 10.2 Å². The summed E-state index contributed by atoms with van der Waals surface area (Å²) in [7, 11) is 0. The van der Waals surface area contributed by atoms with Crippen LogP contribution in [0, 0.1) is 10.8 Å². The van der Waals surface area contributed by atoms with Crippen LogP contribution in [0.5, 0.6) is 0 Å². The number of aromatic nitrogens is 2. The minimum absolute atomic E-state index is 0.124. The van der Waals surface area contributed by atoms with Gasteiger partial charge in [-0.3, -0.25) is 4.79 Å². The van der Waals surface area contributed by atoms with Crippen molar-refractivity contribution >= 4 is 22.4 Å². The Bertz CT molecular complexity index is 424. The predicted octanol–water partition coefficient (Wildman–Crippen LogP) is 1.28. The lowest BCUT2D eigenvalue weighted by molar-refractivity contribution is 0.0942. The lowest BCUT2D eigenvalue weighted by Gasteiger charge is -2.03. The Hall–Kier alpha value is -1.17. The summed E-state index contributed by atoms with van der Waals surface area (Å²) in [5, 5.41) is 11.0. The number of rotatable bonds is 2. The third-order valence-electron chi connectivity index (χ3n) is 3.93. The second kappa shape index (κ2) is 3.16. The van der Waals surface area contributed by atoms with E-state index in [9.17, 15) is 4.79 Å². The highest BCUT2D eigenvalue weighted by Gasteiger charge is 2.65. The first-order valence-corrected chi connectivity index (χ1v) is 5.98. The number of nitrogens with two attached hydrogens (primary N) is 1. The Morgan fingerprint density at radius 1 is 1.31 bits per heavy atom. The van der Waals surface area contributed by atoms with Gasteiger partial charge in [-0.05, 0) is 10.8 Å². The van der Waals surface area contributed by atoms with Gasteiger partial charge in [0.05, 0.1) is 0 Å². The van der Waals surface area contributed by atoms with Crippen molar-refractivity contribution < 1.29 is 4.79 Å². The minimum Gasteiger partial charge on any atom is -0.374 e. The molecule has 0 aromatic carbocycles. The van der Waals surface area contributed by atoms with Crippen molar-refractivity contribution in [3.05, 3.63) is 5.01 Å². The maximum atomic E-state index is 11.8. The molecular weight excluding hydrogens is 224 g/mol. The zero-order chi connectivity index (χ0) is 12.1. The van der Waals surface area contributed by atoms with Crippen molar-refractivity contribution in [3.63, 3.8) is 0 Å². The van der Waals surface area contributed by atoms with Gasteiger partial charge in [0.25, 0.3) is 5.91 Å². The van der Waals surface area contributed by atoms with Crippen molar-refractivity contribution in [1.82, 2.24) is 15.5 Å². The quantitative estimate of drug-likeness (QED) is 0.816. The second-order valence-corrected chi connectivity index (χ2v) is 6.30. The van der Waals surface area contributed by atoms with E-state index in [0.717, 1.165) is 11.3 Å². The van der Waals surface area contributed by atoms with Crippen LogP contribution in [0.1, 0.15) is 37.5 Å². The Balaban J connectivity index is 2.06. The van der Waals surface area contributed by atoms with Crippen molar-refractivity contribution in [1.29, 1.82) is 0 Å². The molecule has 1 aliphatic carbocycles. The average molecular weight is 240 g/mol. The zero-order valence-corrected chi connectivity index (χ0v) is 10.7. The van der Waals surface area contributed by atoms with Gasteiger partial charge in [-0.2, -0.15) is 0 Å². The molecule has 2 rings (SSSR count). The number of carbonyl (C=O) groups is 1. The van der Waals surface area contributed by atoms with Gasteiger partial charge >= 0.3 is 0 Å². The first-order chi connectivity index (χ1) is 7.26. The summed E-state index contributed by atoms with van der Waals surface area (Å²) in [5.74, 6) is -0.183. The fraction of sp³-hybridized carbons (Fsp3) is 0.700. The molecule has 3 N–H and O–H groups in total. The Morgan fingerprint density at radius 3 is 2.25 bits per heavy atom. The summed E-state index contributed by atoms with van der Waals surface area (Å²) >= 11 is 1.11. The highest BCUT2D eigenvalue weighted by molar-refractivity contribution is 7.16. The number of amides is 1. The van der Waals surface area contributed by atoms with E-state index in [1.54, 1.807) is 0 Å². The highest BCUT2D eigenvalue weighted by Crippen LogP contribution is 2.62. The normalized spacial score (nSPS) is 21.8. The molecule has 1 saturated carbocycles. The van der Waals surface area contributed by atoms with Crippen LogP contribution >= 0.6 is 11.3 Å². The molecular formula is C10H16N4OS. The maximum absolute atomic E-state index is 11.8. The third-order valence-corrected chi connectivity index (χ3v) is 4.68. The molecule has 1 aromatic rings. The number of hydrogen-bond acceptors (Lipinski definition) is 5. The number of nitrogens with one attached hydrogen (secondary N) is 1. The summed E-state index contributed by atoms with van der Waals surface area (Å²) in [6.45, 7) is 8.58. The van der Waals surface area contributed by atoms with E-state index in [2.05, 4.69) is 43.2 Å². The molecule has 0 saturated heterocycles. The van der Waals surface area contributed by atoms with Gasteiger partial charge in [0.15, 0.2) is 0 Å². The molecule has 88 valence electrons. The van der Waals surface area contributed by atoms with E-state index >= 15 is 0 Å². The van der Waals surface area contributed by atoms with Crippen LogP contribution in [0.4, 0.5) is 5.13 Å². The molecule has 1 fully saturated rings. The molecule has 0 aliphatic heterocycles. The van der Waals surface area contributed by atoms with Crippen molar-refractivity contribution in [2.45, 2.75) is 33.7 Å². The maximum Gasteiger partial charge on any atom is 0.282 e. The van der Waals surface area contributed by atoms with E-state index in [-0.39, 0.29) is 22.8 Å². The van der Waals surface area contributed by atoms with Crippen LogP contribution in [0.3, 0.4) is 0 Å². The average Bonchev–Trinajstić information content (AvgIpc) is 2.58. The Kier molecular flexibility index (Phi) is 2.24. The summed E-state index contributed by atoms with van der Waals surface area (Å²) < 4.78 is 0. The standard InChI is InChI=1S/C10H16N4OS/c1-9(2)7(10(9,3)4)12-5(15)6-13-14-8(11)16-6/h7H,1-4H3,(H2,11,14)(H,12,15). The van der Waals surface area contributed by atoms with Gasteiger partial charge in [0, 0.05) is 6.04 Å². The molecule has 5 nitrogen and oxygen atoms in total. The van der Waals surface area contributed by atoms with Crippen LogP contribution in [0.25, 0.3) is 0 Å². The van der Waals surface area contributed by atoms with Gasteiger partial charge in [-0.25, -0.2) is 0 Å². The Labute approximate surface area is 98.4 Å².